The Balaban J connectivity index is 1.66. The first-order chi connectivity index (χ1) is 15.2. The molecule has 2 atom stereocenters. The molecule has 0 radical (unpaired) electrons. The zero-order chi connectivity index (χ0) is 23.0. The standard InChI is InChI=1S/C20H22ClN5O5S/c1-3-31-18-6-7-19(23-22-18)32(29,30)25-10-12(2)17(11-25)26-16-8-13(21)4-5-14(16)15(24-26)9-20(27)28/h4-8,12,17H,3,9-11H2,1-2H3,(H,27,28)/t12-,17+/m1/s1. The monoisotopic (exact) mass is 479 g/mol. The van der Waals surface area contributed by atoms with Crippen LogP contribution in [0.4, 0.5) is 0 Å². The summed E-state index contributed by atoms with van der Waals surface area (Å²) in [5.74, 6) is -0.825. The van der Waals surface area contributed by atoms with Crippen molar-refractivity contribution in [2.24, 2.45) is 5.92 Å². The smallest absolute Gasteiger partial charge is 0.309 e. The fraction of sp³-hybridized carbons (Fsp3) is 0.400. The molecule has 32 heavy (non-hydrogen) atoms. The van der Waals surface area contributed by atoms with E-state index in [4.69, 9.17) is 16.3 Å². The van der Waals surface area contributed by atoms with Gasteiger partial charge in [-0.1, -0.05) is 18.5 Å². The van der Waals surface area contributed by atoms with Crippen molar-refractivity contribution in [1.82, 2.24) is 24.3 Å². The first-order valence-corrected chi connectivity index (χ1v) is 11.9. The van der Waals surface area contributed by atoms with Gasteiger partial charge in [-0.15, -0.1) is 10.2 Å². The molecule has 1 N–H and O–H groups in total. The fourth-order valence-corrected chi connectivity index (χ4v) is 5.52. The molecule has 1 aromatic carbocycles. The third kappa shape index (κ3) is 4.15. The number of rotatable bonds is 7. The highest BCUT2D eigenvalue weighted by Crippen LogP contribution is 2.35. The lowest BCUT2D eigenvalue weighted by molar-refractivity contribution is -0.136. The summed E-state index contributed by atoms with van der Waals surface area (Å²) in [5.41, 5.74) is 1.08. The van der Waals surface area contributed by atoms with E-state index in [0.29, 0.717) is 28.2 Å². The van der Waals surface area contributed by atoms with E-state index in [2.05, 4.69) is 15.3 Å². The minimum Gasteiger partial charge on any atom is -0.481 e. The fourth-order valence-electron chi connectivity index (χ4n) is 3.93. The lowest BCUT2D eigenvalue weighted by Crippen LogP contribution is -2.30. The Labute approximate surface area is 189 Å². The first kappa shape index (κ1) is 22.4. The van der Waals surface area contributed by atoms with Crippen LogP contribution in [0, 0.1) is 5.92 Å². The molecule has 0 aliphatic carbocycles. The first-order valence-electron chi connectivity index (χ1n) is 10.1. The van der Waals surface area contributed by atoms with E-state index in [0.717, 1.165) is 0 Å². The third-order valence-corrected chi connectivity index (χ3v) is 7.39. The van der Waals surface area contributed by atoms with E-state index in [9.17, 15) is 18.3 Å². The zero-order valence-corrected chi connectivity index (χ0v) is 19.0. The van der Waals surface area contributed by atoms with Crippen LogP contribution >= 0.6 is 11.6 Å². The number of ether oxygens (including phenoxy) is 1. The highest BCUT2D eigenvalue weighted by atomic mass is 35.5. The van der Waals surface area contributed by atoms with Crippen molar-refractivity contribution >= 4 is 38.5 Å². The summed E-state index contributed by atoms with van der Waals surface area (Å²) in [6.45, 7) is 4.55. The van der Waals surface area contributed by atoms with Gasteiger partial charge < -0.3 is 9.84 Å². The predicted molar refractivity (Wildman–Crippen MR) is 116 cm³/mol. The summed E-state index contributed by atoms with van der Waals surface area (Å²) in [4.78, 5) is 11.3. The topological polar surface area (TPSA) is 128 Å². The van der Waals surface area contributed by atoms with E-state index in [1.165, 1.54) is 16.4 Å². The van der Waals surface area contributed by atoms with E-state index in [1.54, 1.807) is 29.8 Å². The van der Waals surface area contributed by atoms with Crippen LogP contribution in [-0.2, 0) is 21.2 Å². The Morgan fingerprint density at radius 2 is 2.03 bits per heavy atom. The van der Waals surface area contributed by atoms with Crippen LogP contribution in [0.25, 0.3) is 10.9 Å². The number of carboxylic acid groups (broad SMARTS) is 1. The minimum atomic E-state index is -3.87. The van der Waals surface area contributed by atoms with Crippen LogP contribution in [0.3, 0.4) is 0 Å². The number of benzene rings is 1. The number of halogens is 1. The van der Waals surface area contributed by atoms with Crippen LogP contribution in [0.5, 0.6) is 5.88 Å². The number of carbonyl (C=O) groups is 1. The maximum absolute atomic E-state index is 13.1. The molecular formula is C20H22ClN5O5S. The second kappa shape index (κ2) is 8.64. The van der Waals surface area contributed by atoms with Gasteiger partial charge in [-0.2, -0.15) is 9.40 Å². The maximum Gasteiger partial charge on any atom is 0.309 e. The quantitative estimate of drug-likeness (QED) is 0.547. The Hall–Kier alpha value is -2.76. The Morgan fingerprint density at radius 3 is 2.69 bits per heavy atom. The number of nitrogens with zero attached hydrogens (tertiary/aromatic N) is 5. The summed E-state index contributed by atoms with van der Waals surface area (Å²) >= 11 is 6.18. The second-order valence-corrected chi connectivity index (χ2v) is 9.95. The number of hydrogen-bond donors (Lipinski definition) is 1. The molecule has 10 nitrogen and oxygen atoms in total. The van der Waals surface area contributed by atoms with Gasteiger partial charge in [0, 0.05) is 29.6 Å². The SMILES string of the molecule is CCOc1ccc(S(=O)(=O)N2C[C@@H](C)[C@@H](n3nc(CC(=O)O)c4ccc(Cl)cc43)C2)nn1. The molecule has 1 aliphatic rings. The van der Waals surface area contributed by atoms with Crippen LogP contribution in [-0.4, -0.2) is 63.5 Å². The van der Waals surface area contributed by atoms with Crippen molar-refractivity contribution in [3.05, 3.63) is 41.0 Å². The van der Waals surface area contributed by atoms with Crippen molar-refractivity contribution in [3.8, 4) is 5.88 Å². The van der Waals surface area contributed by atoms with Crippen LogP contribution in [0.1, 0.15) is 25.6 Å². The second-order valence-electron chi connectivity index (χ2n) is 7.63. The number of sulfonamides is 1. The molecule has 1 saturated heterocycles. The van der Waals surface area contributed by atoms with Crippen molar-refractivity contribution in [2.75, 3.05) is 19.7 Å². The molecular weight excluding hydrogens is 458 g/mol. The molecule has 1 fully saturated rings. The van der Waals surface area contributed by atoms with Crippen molar-refractivity contribution in [1.29, 1.82) is 0 Å². The van der Waals surface area contributed by atoms with Crippen LogP contribution in [0.15, 0.2) is 35.4 Å². The average molecular weight is 480 g/mol. The summed E-state index contributed by atoms with van der Waals surface area (Å²) in [6, 6.07) is 7.69. The lowest BCUT2D eigenvalue weighted by atomic mass is 10.1. The normalized spacial score (nSPS) is 19.5. The molecule has 3 aromatic rings. The van der Waals surface area contributed by atoms with Gasteiger partial charge in [0.2, 0.25) is 5.88 Å². The van der Waals surface area contributed by atoms with Crippen LogP contribution in [0.2, 0.25) is 5.02 Å². The van der Waals surface area contributed by atoms with E-state index < -0.39 is 16.0 Å². The molecule has 4 rings (SSSR count). The molecule has 2 aromatic heterocycles. The highest BCUT2D eigenvalue weighted by Gasteiger charge is 2.40. The molecule has 3 heterocycles. The number of fused-ring (bicyclic) bond motifs is 1. The molecule has 0 spiro atoms. The van der Waals surface area contributed by atoms with Gasteiger partial charge in [0.25, 0.3) is 10.0 Å². The average Bonchev–Trinajstić information content (AvgIpc) is 3.29. The third-order valence-electron chi connectivity index (χ3n) is 5.43. The van der Waals surface area contributed by atoms with Gasteiger partial charge in [0.15, 0.2) is 5.03 Å². The number of hydrogen-bond acceptors (Lipinski definition) is 7. The number of aromatic nitrogens is 4. The molecule has 0 unspecified atom stereocenters. The molecule has 0 bridgehead atoms. The molecule has 170 valence electrons. The van der Waals surface area contributed by atoms with Gasteiger partial charge in [0.05, 0.1) is 30.3 Å². The van der Waals surface area contributed by atoms with Crippen molar-refractivity contribution < 1.29 is 23.1 Å². The lowest BCUT2D eigenvalue weighted by Gasteiger charge is -2.17. The summed E-state index contributed by atoms with van der Waals surface area (Å²) in [5, 5.41) is 22.4. The van der Waals surface area contributed by atoms with Gasteiger partial charge in [-0.05, 0) is 37.1 Å². The van der Waals surface area contributed by atoms with Gasteiger partial charge in [-0.25, -0.2) is 8.42 Å². The van der Waals surface area contributed by atoms with Gasteiger partial charge in [0.1, 0.15) is 0 Å². The highest BCUT2D eigenvalue weighted by molar-refractivity contribution is 7.89. The predicted octanol–water partition coefficient (Wildman–Crippen LogP) is 2.39. The Kier molecular flexibility index (Phi) is 6.06. The zero-order valence-electron chi connectivity index (χ0n) is 17.5. The van der Waals surface area contributed by atoms with Crippen LogP contribution < -0.4 is 4.74 Å². The van der Waals surface area contributed by atoms with E-state index >= 15 is 0 Å². The summed E-state index contributed by atoms with van der Waals surface area (Å²) in [6.07, 6.45) is -0.240. The summed E-state index contributed by atoms with van der Waals surface area (Å²) < 4.78 is 34.6. The number of carboxylic acids is 1. The largest absolute Gasteiger partial charge is 0.481 e. The van der Waals surface area contributed by atoms with Gasteiger partial charge in [-0.3, -0.25) is 9.48 Å². The number of aliphatic carboxylic acids is 1. The van der Waals surface area contributed by atoms with Gasteiger partial charge >= 0.3 is 5.97 Å². The molecule has 0 amide bonds. The molecule has 0 saturated carbocycles. The molecule has 12 heteroatoms. The Morgan fingerprint density at radius 1 is 1.25 bits per heavy atom. The van der Waals surface area contributed by atoms with E-state index in [-0.39, 0.29) is 42.4 Å². The summed E-state index contributed by atoms with van der Waals surface area (Å²) in [7, 11) is -3.87. The van der Waals surface area contributed by atoms with Crippen molar-refractivity contribution in [3.63, 3.8) is 0 Å². The molecule has 1 aliphatic heterocycles. The minimum absolute atomic E-state index is 0.0832. The van der Waals surface area contributed by atoms with E-state index in [1.807, 2.05) is 6.92 Å². The van der Waals surface area contributed by atoms with Crippen molar-refractivity contribution in [2.45, 2.75) is 31.3 Å². The maximum atomic E-state index is 13.1. The Bertz CT molecular complexity index is 1260.